The van der Waals surface area contributed by atoms with Crippen molar-refractivity contribution < 1.29 is 0 Å². The highest BCUT2D eigenvalue weighted by Crippen LogP contribution is 2.26. The molecule has 1 atom stereocenters. The Hall–Kier alpha value is -2.43. The fourth-order valence-electron chi connectivity index (χ4n) is 3.44. The quantitative estimate of drug-likeness (QED) is 0.784. The highest BCUT2D eigenvalue weighted by atomic mass is 15.4. The predicted molar refractivity (Wildman–Crippen MR) is 101 cm³/mol. The molecule has 0 saturated heterocycles. The molecular formula is C20H25N5. The lowest BCUT2D eigenvalue weighted by atomic mass is 10.1. The summed E-state index contributed by atoms with van der Waals surface area (Å²) >= 11 is 0. The highest BCUT2D eigenvalue weighted by Gasteiger charge is 2.23. The molecule has 0 spiro atoms. The van der Waals surface area contributed by atoms with Crippen molar-refractivity contribution in [3.05, 3.63) is 47.7 Å². The molecule has 0 bridgehead atoms. The van der Waals surface area contributed by atoms with Gasteiger partial charge in [0, 0.05) is 35.1 Å². The number of fused-ring (bicyclic) bond motifs is 2. The minimum absolute atomic E-state index is 0.365. The Morgan fingerprint density at radius 3 is 2.88 bits per heavy atom. The highest BCUT2D eigenvalue weighted by molar-refractivity contribution is 5.91. The lowest BCUT2D eigenvalue weighted by Crippen LogP contribution is -2.32. The van der Waals surface area contributed by atoms with Gasteiger partial charge in [-0.1, -0.05) is 39.0 Å². The summed E-state index contributed by atoms with van der Waals surface area (Å²) in [6.07, 6.45) is 2.99. The van der Waals surface area contributed by atoms with Crippen LogP contribution in [0.4, 0.5) is 5.69 Å². The Bertz CT molecular complexity index is 896. The lowest BCUT2D eigenvalue weighted by Gasteiger charge is -2.25. The first-order chi connectivity index (χ1) is 12.1. The second-order valence-corrected chi connectivity index (χ2v) is 7.13. The van der Waals surface area contributed by atoms with E-state index in [-0.39, 0.29) is 0 Å². The van der Waals surface area contributed by atoms with E-state index in [2.05, 4.69) is 60.0 Å². The summed E-state index contributed by atoms with van der Waals surface area (Å²) < 4.78 is 2.08. The summed E-state index contributed by atoms with van der Waals surface area (Å²) in [4.78, 5) is 9.42. The van der Waals surface area contributed by atoms with Crippen LogP contribution in [0.1, 0.15) is 50.5 Å². The van der Waals surface area contributed by atoms with E-state index in [0.717, 1.165) is 48.7 Å². The monoisotopic (exact) mass is 335 g/mol. The first kappa shape index (κ1) is 16.1. The number of hydrogen-bond donors (Lipinski definition) is 1. The van der Waals surface area contributed by atoms with E-state index in [1.807, 2.05) is 6.07 Å². The number of aryl methyl sites for hydroxylation is 2. The molecule has 1 aliphatic heterocycles. The SMILES string of the molecule is CCc1cc(NC2CCc3nc(C(C)C)nn3C2)c2ccccc2n1. The maximum absolute atomic E-state index is 4.74. The molecule has 1 aliphatic rings. The van der Waals surface area contributed by atoms with Crippen LogP contribution in [-0.4, -0.2) is 25.8 Å². The van der Waals surface area contributed by atoms with E-state index in [9.17, 15) is 0 Å². The van der Waals surface area contributed by atoms with Gasteiger partial charge in [0.05, 0.1) is 12.1 Å². The zero-order valence-corrected chi connectivity index (χ0v) is 15.2. The molecule has 0 fully saturated rings. The normalized spacial score (nSPS) is 17.0. The third-order valence-corrected chi connectivity index (χ3v) is 4.88. The molecule has 1 N–H and O–H groups in total. The Morgan fingerprint density at radius 1 is 1.24 bits per heavy atom. The second-order valence-electron chi connectivity index (χ2n) is 7.13. The van der Waals surface area contributed by atoms with Gasteiger partial charge in [-0.3, -0.25) is 4.98 Å². The van der Waals surface area contributed by atoms with Crippen molar-refractivity contribution in [3.63, 3.8) is 0 Å². The fourth-order valence-corrected chi connectivity index (χ4v) is 3.44. The third-order valence-electron chi connectivity index (χ3n) is 4.88. The molecule has 0 radical (unpaired) electrons. The van der Waals surface area contributed by atoms with Gasteiger partial charge in [0.25, 0.3) is 0 Å². The van der Waals surface area contributed by atoms with Crippen molar-refractivity contribution in [2.24, 2.45) is 0 Å². The van der Waals surface area contributed by atoms with E-state index in [4.69, 9.17) is 10.1 Å². The molecule has 0 aliphatic carbocycles. The summed E-state index contributed by atoms with van der Waals surface area (Å²) in [5, 5.41) is 9.63. The van der Waals surface area contributed by atoms with E-state index in [1.165, 1.54) is 11.1 Å². The second kappa shape index (κ2) is 6.47. The minimum Gasteiger partial charge on any atom is -0.380 e. The van der Waals surface area contributed by atoms with Gasteiger partial charge in [-0.25, -0.2) is 9.67 Å². The summed E-state index contributed by atoms with van der Waals surface area (Å²) in [5.41, 5.74) is 3.37. The lowest BCUT2D eigenvalue weighted by molar-refractivity contribution is 0.440. The first-order valence-electron chi connectivity index (χ1n) is 9.23. The van der Waals surface area contributed by atoms with Gasteiger partial charge >= 0.3 is 0 Å². The van der Waals surface area contributed by atoms with Gasteiger partial charge in [0.1, 0.15) is 5.82 Å². The molecule has 130 valence electrons. The number of nitrogens with one attached hydrogen (secondary N) is 1. The van der Waals surface area contributed by atoms with Crippen molar-refractivity contribution in [2.45, 2.75) is 58.5 Å². The zero-order valence-electron chi connectivity index (χ0n) is 15.2. The predicted octanol–water partition coefficient (Wildman–Crippen LogP) is 3.94. The number of pyridine rings is 1. The van der Waals surface area contributed by atoms with Crippen molar-refractivity contribution >= 4 is 16.6 Å². The summed E-state index contributed by atoms with van der Waals surface area (Å²) in [7, 11) is 0. The van der Waals surface area contributed by atoms with Gasteiger partial charge < -0.3 is 5.32 Å². The standard InChI is InChI=1S/C20H25N5/c1-4-14-11-18(16-7-5-6-8-17(16)21-14)22-15-9-10-19-23-20(13(2)3)24-25(19)12-15/h5-8,11,13,15H,4,9-10,12H2,1-3H3,(H,21,22). The number of benzene rings is 1. The number of rotatable bonds is 4. The molecule has 1 unspecified atom stereocenters. The molecule has 5 heteroatoms. The van der Waals surface area contributed by atoms with Gasteiger partial charge in [0.2, 0.25) is 0 Å². The van der Waals surface area contributed by atoms with Crippen molar-refractivity contribution in [3.8, 4) is 0 Å². The number of para-hydroxylation sites is 1. The molecule has 3 aromatic rings. The molecule has 4 rings (SSSR count). The topological polar surface area (TPSA) is 55.6 Å². The molecular weight excluding hydrogens is 310 g/mol. The van der Waals surface area contributed by atoms with Crippen LogP contribution in [0, 0.1) is 0 Å². The fraction of sp³-hybridized carbons (Fsp3) is 0.450. The molecule has 25 heavy (non-hydrogen) atoms. The minimum atomic E-state index is 0.365. The summed E-state index contributed by atoms with van der Waals surface area (Å²) in [6, 6.07) is 10.9. The van der Waals surface area contributed by atoms with Crippen LogP contribution in [0.2, 0.25) is 0 Å². The van der Waals surface area contributed by atoms with Gasteiger partial charge in [-0.2, -0.15) is 5.10 Å². The zero-order chi connectivity index (χ0) is 17.4. The van der Waals surface area contributed by atoms with E-state index in [1.54, 1.807) is 0 Å². The van der Waals surface area contributed by atoms with Crippen LogP contribution in [0.3, 0.4) is 0 Å². The van der Waals surface area contributed by atoms with E-state index >= 15 is 0 Å². The Morgan fingerprint density at radius 2 is 2.08 bits per heavy atom. The molecule has 2 aromatic heterocycles. The van der Waals surface area contributed by atoms with Crippen LogP contribution < -0.4 is 5.32 Å². The molecule has 3 heterocycles. The maximum Gasteiger partial charge on any atom is 0.153 e. The third kappa shape index (κ3) is 3.11. The number of aromatic nitrogens is 4. The van der Waals surface area contributed by atoms with Crippen LogP contribution in [0.15, 0.2) is 30.3 Å². The van der Waals surface area contributed by atoms with Crippen LogP contribution in [-0.2, 0) is 19.4 Å². The van der Waals surface area contributed by atoms with Crippen molar-refractivity contribution in [2.75, 3.05) is 5.32 Å². The smallest absolute Gasteiger partial charge is 0.153 e. The molecule has 1 aromatic carbocycles. The van der Waals surface area contributed by atoms with Crippen LogP contribution in [0.5, 0.6) is 0 Å². The van der Waals surface area contributed by atoms with Gasteiger partial charge in [0.15, 0.2) is 5.82 Å². The number of anilines is 1. The first-order valence-corrected chi connectivity index (χ1v) is 9.23. The van der Waals surface area contributed by atoms with E-state index in [0.29, 0.717) is 12.0 Å². The summed E-state index contributed by atoms with van der Waals surface area (Å²) in [6.45, 7) is 7.31. The molecule has 5 nitrogen and oxygen atoms in total. The summed E-state index contributed by atoms with van der Waals surface area (Å²) in [5.74, 6) is 2.45. The molecule has 0 saturated carbocycles. The van der Waals surface area contributed by atoms with Crippen LogP contribution in [0.25, 0.3) is 10.9 Å². The Labute approximate surface area is 148 Å². The average molecular weight is 335 g/mol. The maximum atomic E-state index is 4.74. The van der Waals surface area contributed by atoms with Gasteiger partial charge in [-0.15, -0.1) is 0 Å². The van der Waals surface area contributed by atoms with E-state index < -0.39 is 0 Å². The Kier molecular flexibility index (Phi) is 4.15. The molecule has 0 amide bonds. The van der Waals surface area contributed by atoms with Gasteiger partial charge in [-0.05, 0) is 25.0 Å². The number of hydrogen-bond acceptors (Lipinski definition) is 4. The Balaban J connectivity index is 1.61. The largest absolute Gasteiger partial charge is 0.380 e. The van der Waals surface area contributed by atoms with Crippen LogP contribution >= 0.6 is 0 Å². The average Bonchev–Trinajstić information content (AvgIpc) is 3.05. The number of nitrogens with zero attached hydrogens (tertiary/aromatic N) is 4. The van der Waals surface area contributed by atoms with Crippen molar-refractivity contribution in [1.29, 1.82) is 0 Å². The van der Waals surface area contributed by atoms with Crippen molar-refractivity contribution in [1.82, 2.24) is 19.7 Å².